The average molecular weight is 699 g/mol. The lowest BCUT2D eigenvalue weighted by Gasteiger charge is -2.42. The second-order valence-corrected chi connectivity index (χ2v) is 13.6. The minimum atomic E-state index is -1.00. The van der Waals surface area contributed by atoms with Crippen LogP contribution in [0.4, 0.5) is 0 Å². The third-order valence-corrected chi connectivity index (χ3v) is 9.87. The lowest BCUT2D eigenvalue weighted by Crippen LogP contribution is -2.46. The van der Waals surface area contributed by atoms with Gasteiger partial charge in [-0.05, 0) is 70.5 Å². The first-order chi connectivity index (χ1) is 24.2. The standard InChI is InChI=1S/C40H43ClN2O7/c41-34-13-11-33(12-14-34)40(48)17-19-43(20-18-40)25-35-23-36(29-9-7-27(26-44)8-10-29)50-39(49-35)32-6-2-5-31(22-32)30-4-1-3-28(21-30)24-42-37(45)15-16-38(46)47/h1-14,21-22,35-36,39,44,48H,15-20,23-26H2,(H,42,45)(H,46,47)/t35-,36+,39+/m0/s1. The van der Waals surface area contributed by atoms with E-state index in [9.17, 15) is 19.8 Å². The van der Waals surface area contributed by atoms with Crippen LogP contribution in [0.25, 0.3) is 11.1 Å². The number of aliphatic carboxylic acids is 1. The van der Waals surface area contributed by atoms with E-state index in [-0.39, 0.29) is 37.6 Å². The topological polar surface area (TPSA) is 129 Å². The number of carboxylic acids is 1. The fraction of sp³-hybridized carbons (Fsp3) is 0.350. The van der Waals surface area contributed by atoms with Gasteiger partial charge >= 0.3 is 5.97 Å². The molecule has 0 bridgehead atoms. The first-order valence-corrected chi connectivity index (χ1v) is 17.4. The first kappa shape index (κ1) is 35.7. The Balaban J connectivity index is 1.16. The first-order valence-electron chi connectivity index (χ1n) is 17.1. The maximum atomic E-state index is 12.1. The van der Waals surface area contributed by atoms with Crippen molar-refractivity contribution in [2.24, 2.45) is 0 Å². The second kappa shape index (κ2) is 16.3. The van der Waals surface area contributed by atoms with E-state index >= 15 is 0 Å². The number of benzene rings is 4. The van der Waals surface area contributed by atoms with E-state index in [0.29, 0.717) is 37.4 Å². The number of nitrogens with one attached hydrogen (secondary N) is 1. The molecule has 0 saturated carbocycles. The predicted molar refractivity (Wildman–Crippen MR) is 190 cm³/mol. The molecular formula is C40H43ClN2O7. The van der Waals surface area contributed by atoms with Crippen molar-refractivity contribution in [1.82, 2.24) is 10.2 Å². The van der Waals surface area contributed by atoms with Crippen LogP contribution in [0.2, 0.25) is 5.02 Å². The van der Waals surface area contributed by atoms with Gasteiger partial charge in [-0.15, -0.1) is 0 Å². The maximum absolute atomic E-state index is 12.1. The molecule has 1 amide bonds. The van der Waals surface area contributed by atoms with E-state index in [1.54, 1.807) is 0 Å². The normalized spacial score (nSPS) is 20.7. The Kier molecular flexibility index (Phi) is 11.6. The van der Waals surface area contributed by atoms with Crippen molar-refractivity contribution in [3.63, 3.8) is 0 Å². The SMILES string of the molecule is O=C(O)CCC(=O)NCc1cccc(-c2cccc([C@@H]3O[C@H](CN4CCC(O)(c5ccc(Cl)cc5)CC4)C[C@H](c4ccc(CO)cc4)O3)c2)c1. The molecule has 2 aliphatic rings. The summed E-state index contributed by atoms with van der Waals surface area (Å²) in [4.78, 5) is 25.2. The highest BCUT2D eigenvalue weighted by molar-refractivity contribution is 6.30. The van der Waals surface area contributed by atoms with Gasteiger partial charge in [-0.1, -0.05) is 84.4 Å². The number of halogens is 1. The van der Waals surface area contributed by atoms with Gasteiger partial charge in [0.2, 0.25) is 5.91 Å². The van der Waals surface area contributed by atoms with Crippen LogP contribution in [0.1, 0.15) is 72.3 Å². The van der Waals surface area contributed by atoms with Crippen LogP contribution in [-0.4, -0.2) is 57.8 Å². The van der Waals surface area contributed by atoms with Gasteiger partial charge in [0.1, 0.15) is 0 Å². The van der Waals surface area contributed by atoms with Gasteiger partial charge in [0.25, 0.3) is 0 Å². The summed E-state index contributed by atoms with van der Waals surface area (Å²) in [7, 11) is 0. The number of nitrogens with zero attached hydrogens (tertiary/aromatic N) is 1. The van der Waals surface area contributed by atoms with Crippen LogP contribution in [-0.2, 0) is 37.8 Å². The molecule has 10 heteroatoms. The van der Waals surface area contributed by atoms with Crippen molar-refractivity contribution in [2.75, 3.05) is 19.6 Å². The van der Waals surface area contributed by atoms with E-state index in [1.807, 2.05) is 91.0 Å². The molecule has 2 saturated heterocycles. The number of aliphatic hydroxyl groups is 2. The number of carbonyl (C=O) groups excluding carboxylic acids is 1. The molecule has 9 nitrogen and oxygen atoms in total. The monoisotopic (exact) mass is 698 g/mol. The van der Waals surface area contributed by atoms with Gasteiger partial charge in [-0.3, -0.25) is 9.59 Å². The van der Waals surface area contributed by atoms with E-state index < -0.39 is 17.9 Å². The van der Waals surface area contributed by atoms with E-state index in [4.69, 9.17) is 26.2 Å². The Hall–Kier alpha value is -4.09. The zero-order valence-electron chi connectivity index (χ0n) is 27.8. The number of ether oxygens (including phenoxy) is 2. The molecule has 2 heterocycles. The highest BCUT2D eigenvalue weighted by Crippen LogP contribution is 2.40. The van der Waals surface area contributed by atoms with Crippen LogP contribution in [0, 0.1) is 0 Å². The summed E-state index contributed by atoms with van der Waals surface area (Å²) in [5, 5.41) is 33.3. The number of carboxylic acid groups (broad SMARTS) is 1. The molecule has 2 fully saturated rings. The highest BCUT2D eigenvalue weighted by Gasteiger charge is 2.37. The molecule has 6 rings (SSSR count). The zero-order valence-corrected chi connectivity index (χ0v) is 28.6. The molecule has 4 aromatic rings. The van der Waals surface area contributed by atoms with Gasteiger partial charge in [-0.2, -0.15) is 0 Å². The predicted octanol–water partition coefficient (Wildman–Crippen LogP) is 6.51. The van der Waals surface area contributed by atoms with Gasteiger partial charge in [0.15, 0.2) is 6.29 Å². The van der Waals surface area contributed by atoms with Crippen molar-refractivity contribution in [1.29, 1.82) is 0 Å². The third-order valence-electron chi connectivity index (χ3n) is 9.62. The van der Waals surface area contributed by atoms with E-state index in [1.165, 1.54) is 0 Å². The fourth-order valence-corrected chi connectivity index (χ4v) is 6.84. The number of hydrogen-bond acceptors (Lipinski definition) is 7. The molecule has 0 radical (unpaired) electrons. The van der Waals surface area contributed by atoms with Crippen LogP contribution in [0.5, 0.6) is 0 Å². The molecule has 50 heavy (non-hydrogen) atoms. The van der Waals surface area contributed by atoms with Gasteiger partial charge in [0, 0.05) is 49.6 Å². The molecule has 0 spiro atoms. The summed E-state index contributed by atoms with van der Waals surface area (Å²) in [5.74, 6) is -1.30. The Bertz CT molecular complexity index is 1760. The average Bonchev–Trinajstić information content (AvgIpc) is 3.14. The molecule has 4 N–H and O–H groups in total. The van der Waals surface area contributed by atoms with Crippen LogP contribution >= 0.6 is 11.6 Å². The Morgan fingerprint density at radius 2 is 1.54 bits per heavy atom. The highest BCUT2D eigenvalue weighted by atomic mass is 35.5. The Morgan fingerprint density at radius 1 is 0.840 bits per heavy atom. The Labute approximate surface area is 297 Å². The van der Waals surface area contributed by atoms with Crippen LogP contribution in [0.3, 0.4) is 0 Å². The number of carbonyl (C=O) groups is 2. The Morgan fingerprint density at radius 3 is 2.24 bits per heavy atom. The molecule has 0 unspecified atom stereocenters. The summed E-state index contributed by atoms with van der Waals surface area (Å²) in [6, 6.07) is 31.3. The molecule has 4 aromatic carbocycles. The number of amides is 1. The number of aliphatic hydroxyl groups excluding tert-OH is 1. The lowest BCUT2D eigenvalue weighted by atomic mass is 9.84. The van der Waals surface area contributed by atoms with Gasteiger partial charge < -0.3 is 35.0 Å². The number of rotatable bonds is 12. The van der Waals surface area contributed by atoms with Crippen molar-refractivity contribution >= 4 is 23.5 Å². The van der Waals surface area contributed by atoms with Crippen molar-refractivity contribution in [2.45, 2.75) is 69.4 Å². The zero-order chi connectivity index (χ0) is 35.1. The van der Waals surface area contributed by atoms with Gasteiger partial charge in [-0.25, -0.2) is 0 Å². The lowest BCUT2D eigenvalue weighted by molar-refractivity contribution is -0.253. The summed E-state index contributed by atoms with van der Waals surface area (Å²) in [6.45, 7) is 2.43. The minimum absolute atomic E-state index is 0.0252. The largest absolute Gasteiger partial charge is 0.481 e. The number of hydrogen-bond donors (Lipinski definition) is 4. The molecule has 2 aliphatic heterocycles. The molecule has 0 aromatic heterocycles. The van der Waals surface area contributed by atoms with Gasteiger partial charge in [0.05, 0.1) is 30.8 Å². The summed E-state index contributed by atoms with van der Waals surface area (Å²) in [6.07, 6.45) is 0.645. The van der Waals surface area contributed by atoms with E-state index in [0.717, 1.165) is 52.0 Å². The minimum Gasteiger partial charge on any atom is -0.481 e. The maximum Gasteiger partial charge on any atom is 0.303 e. The molecule has 0 aliphatic carbocycles. The van der Waals surface area contributed by atoms with E-state index in [2.05, 4.69) is 16.3 Å². The van der Waals surface area contributed by atoms with Crippen LogP contribution < -0.4 is 5.32 Å². The van der Waals surface area contributed by atoms with Crippen molar-refractivity contribution < 1.29 is 34.4 Å². The summed E-state index contributed by atoms with van der Waals surface area (Å²) in [5.41, 5.74) is 5.58. The molecule has 262 valence electrons. The molecule has 3 atom stereocenters. The quantitative estimate of drug-likeness (QED) is 0.132. The van der Waals surface area contributed by atoms with Crippen LogP contribution in [0.15, 0.2) is 97.1 Å². The number of piperidine rings is 1. The van der Waals surface area contributed by atoms with Crippen molar-refractivity contribution in [3.8, 4) is 11.1 Å². The molecular weight excluding hydrogens is 656 g/mol. The third kappa shape index (κ3) is 9.17. The van der Waals surface area contributed by atoms with Crippen molar-refractivity contribution in [3.05, 3.63) is 130 Å². The second-order valence-electron chi connectivity index (χ2n) is 13.2. The smallest absolute Gasteiger partial charge is 0.303 e. The fourth-order valence-electron chi connectivity index (χ4n) is 6.71. The number of likely N-dealkylation sites (tertiary alicyclic amines) is 1. The summed E-state index contributed by atoms with van der Waals surface area (Å²) >= 11 is 6.09. The summed E-state index contributed by atoms with van der Waals surface area (Å²) < 4.78 is 13.3.